The van der Waals surface area contributed by atoms with Crippen LogP contribution < -0.4 is 0 Å². The third-order valence-electron chi connectivity index (χ3n) is 1.76. The van der Waals surface area contributed by atoms with E-state index in [0.717, 1.165) is 0 Å². The van der Waals surface area contributed by atoms with Crippen molar-refractivity contribution in [2.75, 3.05) is 7.11 Å². The van der Waals surface area contributed by atoms with E-state index in [1.165, 1.54) is 19.3 Å². The maximum Gasteiger partial charge on any atom is 0.194 e. The normalized spacial score (nSPS) is 30.0. The number of ether oxygens (including phenoxy) is 1. The summed E-state index contributed by atoms with van der Waals surface area (Å²) in [4.78, 5) is 11.0. The van der Waals surface area contributed by atoms with Gasteiger partial charge in [-0.15, -0.1) is 0 Å². The van der Waals surface area contributed by atoms with Crippen molar-refractivity contribution < 1.29 is 14.6 Å². The predicted molar refractivity (Wildman–Crippen MR) is 39.9 cm³/mol. The molecule has 0 saturated heterocycles. The Hall–Kier alpha value is -1.09. The van der Waals surface area contributed by atoms with Crippen LogP contribution >= 0.6 is 0 Å². The molecular formula is C8H10O3. The number of hydrogen-bond donors (Lipinski definition) is 1. The molecule has 3 heteroatoms. The highest BCUT2D eigenvalue weighted by molar-refractivity contribution is 6.01. The van der Waals surface area contributed by atoms with Gasteiger partial charge in [0.2, 0.25) is 0 Å². The highest BCUT2D eigenvalue weighted by Crippen LogP contribution is 2.27. The van der Waals surface area contributed by atoms with E-state index in [1.807, 2.05) is 0 Å². The number of hydrogen-bond acceptors (Lipinski definition) is 3. The lowest BCUT2D eigenvalue weighted by molar-refractivity contribution is -0.126. The molecule has 0 heterocycles. The van der Waals surface area contributed by atoms with Crippen LogP contribution in [0.15, 0.2) is 24.5 Å². The maximum absolute atomic E-state index is 11.0. The van der Waals surface area contributed by atoms with Crippen LogP contribution in [0.4, 0.5) is 0 Å². The summed E-state index contributed by atoms with van der Waals surface area (Å²) in [6.07, 6.45) is 2.73. The molecule has 1 atom stereocenters. The van der Waals surface area contributed by atoms with Gasteiger partial charge in [-0.25, -0.2) is 0 Å². The summed E-state index contributed by atoms with van der Waals surface area (Å²) in [5.74, 6) is 0.141. The van der Waals surface area contributed by atoms with Gasteiger partial charge in [0.1, 0.15) is 5.76 Å². The van der Waals surface area contributed by atoms with Crippen molar-refractivity contribution in [2.45, 2.75) is 12.0 Å². The summed E-state index contributed by atoms with van der Waals surface area (Å²) in [6.45, 7) is 3.37. The first-order valence-corrected chi connectivity index (χ1v) is 3.27. The predicted octanol–water partition coefficient (Wildman–Crippen LogP) is 0.407. The molecule has 0 saturated carbocycles. The minimum Gasteiger partial charge on any atom is -0.501 e. The molecule has 1 aliphatic rings. The number of rotatable bonds is 2. The molecule has 0 bridgehead atoms. The second-order valence-electron chi connectivity index (χ2n) is 2.48. The molecule has 0 aliphatic heterocycles. The van der Waals surface area contributed by atoms with Gasteiger partial charge in [0.25, 0.3) is 0 Å². The van der Waals surface area contributed by atoms with E-state index in [0.29, 0.717) is 5.76 Å². The monoisotopic (exact) mass is 154 g/mol. The minimum atomic E-state index is -1.43. The Morgan fingerprint density at radius 3 is 2.82 bits per heavy atom. The van der Waals surface area contributed by atoms with Gasteiger partial charge in [0.15, 0.2) is 11.4 Å². The van der Waals surface area contributed by atoms with Crippen molar-refractivity contribution in [3.8, 4) is 0 Å². The summed E-state index contributed by atoms with van der Waals surface area (Å²) in [7, 11) is 1.47. The van der Waals surface area contributed by atoms with E-state index in [9.17, 15) is 9.90 Å². The van der Waals surface area contributed by atoms with Crippen LogP contribution in [0, 0.1) is 0 Å². The van der Waals surface area contributed by atoms with Crippen molar-refractivity contribution in [3.05, 3.63) is 24.5 Å². The average Bonchev–Trinajstić information content (AvgIpc) is 2.29. The zero-order valence-electron chi connectivity index (χ0n) is 6.33. The van der Waals surface area contributed by atoms with Crippen molar-refractivity contribution in [2.24, 2.45) is 0 Å². The summed E-state index contributed by atoms with van der Waals surface area (Å²) < 4.78 is 4.81. The Morgan fingerprint density at radius 2 is 2.55 bits per heavy atom. The number of ketones is 1. The molecule has 0 radical (unpaired) electrons. The summed E-state index contributed by atoms with van der Waals surface area (Å²) >= 11 is 0. The zero-order chi connectivity index (χ0) is 8.48. The fraction of sp³-hybridized carbons (Fsp3) is 0.375. The largest absolute Gasteiger partial charge is 0.501 e. The molecule has 0 fully saturated rings. The lowest BCUT2D eigenvalue weighted by atomic mass is 10.0. The lowest BCUT2D eigenvalue weighted by Gasteiger charge is -2.14. The molecule has 0 aromatic carbocycles. The van der Waals surface area contributed by atoms with Crippen LogP contribution in [-0.2, 0) is 9.53 Å². The summed E-state index contributed by atoms with van der Waals surface area (Å²) in [6, 6.07) is 0. The molecule has 3 nitrogen and oxygen atoms in total. The van der Waals surface area contributed by atoms with E-state index in [2.05, 4.69) is 6.58 Å². The zero-order valence-corrected chi connectivity index (χ0v) is 6.33. The summed E-state index contributed by atoms with van der Waals surface area (Å²) in [5, 5.41) is 9.47. The van der Waals surface area contributed by atoms with Crippen molar-refractivity contribution in [1.82, 2.24) is 0 Å². The van der Waals surface area contributed by atoms with Crippen LogP contribution in [0.3, 0.4) is 0 Å². The Bertz CT molecular complexity index is 229. The van der Waals surface area contributed by atoms with E-state index in [-0.39, 0.29) is 12.2 Å². The Kier molecular flexibility index (Phi) is 1.83. The minimum absolute atomic E-state index is 0.200. The molecule has 60 valence electrons. The van der Waals surface area contributed by atoms with Gasteiger partial charge < -0.3 is 9.84 Å². The average molecular weight is 154 g/mol. The first kappa shape index (κ1) is 8.01. The number of carbonyl (C=O) groups is 1. The third-order valence-corrected chi connectivity index (χ3v) is 1.76. The molecule has 0 amide bonds. The standard InChI is InChI=1S/C8H10O3/c1-3-8(10)5-6(11-2)4-7(8)9/h3-4,10H,1,5H2,2H3/t8-/m1/s1. The molecule has 0 unspecified atom stereocenters. The van der Waals surface area contributed by atoms with Gasteiger partial charge in [0, 0.05) is 12.5 Å². The van der Waals surface area contributed by atoms with Gasteiger partial charge >= 0.3 is 0 Å². The lowest BCUT2D eigenvalue weighted by Crippen LogP contribution is -2.30. The van der Waals surface area contributed by atoms with E-state index in [1.54, 1.807) is 0 Å². The van der Waals surface area contributed by atoms with E-state index >= 15 is 0 Å². The van der Waals surface area contributed by atoms with Gasteiger partial charge in [-0.2, -0.15) is 0 Å². The highest BCUT2D eigenvalue weighted by Gasteiger charge is 2.38. The van der Waals surface area contributed by atoms with Crippen LogP contribution in [0.1, 0.15) is 6.42 Å². The molecule has 1 rings (SSSR count). The second-order valence-corrected chi connectivity index (χ2v) is 2.48. The number of methoxy groups -OCH3 is 1. The molecule has 0 aromatic heterocycles. The molecule has 0 spiro atoms. The third kappa shape index (κ3) is 1.19. The Morgan fingerprint density at radius 1 is 1.91 bits per heavy atom. The molecule has 1 N–H and O–H groups in total. The van der Waals surface area contributed by atoms with Crippen LogP contribution in [0.5, 0.6) is 0 Å². The van der Waals surface area contributed by atoms with E-state index in [4.69, 9.17) is 4.74 Å². The molecule has 11 heavy (non-hydrogen) atoms. The molecular weight excluding hydrogens is 144 g/mol. The van der Waals surface area contributed by atoms with Crippen molar-refractivity contribution in [3.63, 3.8) is 0 Å². The Labute approximate surface area is 65.0 Å². The van der Waals surface area contributed by atoms with Crippen LogP contribution in [0.2, 0.25) is 0 Å². The first-order chi connectivity index (χ1) is 5.12. The second kappa shape index (κ2) is 2.51. The van der Waals surface area contributed by atoms with Crippen molar-refractivity contribution >= 4 is 5.78 Å². The number of carbonyl (C=O) groups excluding carboxylic acids is 1. The summed E-state index contributed by atoms with van der Waals surface area (Å²) in [5.41, 5.74) is -1.43. The fourth-order valence-corrected chi connectivity index (χ4v) is 0.979. The molecule has 1 aliphatic carbocycles. The highest BCUT2D eigenvalue weighted by atomic mass is 16.5. The maximum atomic E-state index is 11.0. The van der Waals surface area contributed by atoms with Gasteiger partial charge in [-0.1, -0.05) is 12.7 Å². The van der Waals surface area contributed by atoms with Gasteiger partial charge in [-0.05, 0) is 0 Å². The van der Waals surface area contributed by atoms with E-state index < -0.39 is 5.60 Å². The quantitative estimate of drug-likeness (QED) is 0.586. The topological polar surface area (TPSA) is 46.5 Å². The van der Waals surface area contributed by atoms with Crippen LogP contribution in [0.25, 0.3) is 0 Å². The Balaban J connectivity index is 2.84. The van der Waals surface area contributed by atoms with Gasteiger partial charge in [0.05, 0.1) is 7.11 Å². The smallest absolute Gasteiger partial charge is 0.194 e. The van der Waals surface area contributed by atoms with Crippen LogP contribution in [-0.4, -0.2) is 23.6 Å². The van der Waals surface area contributed by atoms with Gasteiger partial charge in [-0.3, -0.25) is 4.79 Å². The SMILES string of the molecule is C=C[C@@]1(O)CC(OC)=CC1=O. The molecule has 0 aromatic rings. The van der Waals surface area contributed by atoms with Crippen molar-refractivity contribution in [1.29, 1.82) is 0 Å². The fourth-order valence-electron chi connectivity index (χ4n) is 0.979. The first-order valence-electron chi connectivity index (χ1n) is 3.27. The number of aliphatic hydroxyl groups is 1.